The fourth-order valence-corrected chi connectivity index (χ4v) is 18.6. The molecule has 15 aromatic carbocycles. The lowest BCUT2D eigenvalue weighted by atomic mass is 9.96. The van der Waals surface area contributed by atoms with Gasteiger partial charge in [-0.1, -0.05) is 156 Å². The van der Waals surface area contributed by atoms with E-state index in [0.29, 0.717) is 77.7 Å². The normalized spacial score (nSPS) is 13.8. The molecule has 0 aliphatic heterocycles. The maximum absolute atomic E-state index is 8.12. The van der Waals surface area contributed by atoms with E-state index in [2.05, 4.69) is 85.6 Å². The highest BCUT2D eigenvalue weighted by Gasteiger charge is 2.29. The molecule has 0 aliphatic rings. The smallest absolute Gasteiger partial charge is 0.286 e. The number of hydrogen-bond donors (Lipinski definition) is 0. The summed E-state index contributed by atoms with van der Waals surface area (Å²) in [6, 6.07) is 75.9. The minimum atomic E-state index is -2.25. The Morgan fingerprint density at radius 1 is 0.254 bits per heavy atom. The highest BCUT2D eigenvalue weighted by molar-refractivity contribution is 6.19. The third-order valence-corrected chi connectivity index (χ3v) is 25.2. The first-order chi connectivity index (χ1) is 69.2. The Hall–Kier alpha value is -16.0. The van der Waals surface area contributed by atoms with E-state index < -0.39 is 34.3 Å². The molecule has 0 bridgehead atoms. The van der Waals surface area contributed by atoms with Crippen molar-refractivity contribution in [3.05, 3.63) is 361 Å². The van der Waals surface area contributed by atoms with Gasteiger partial charge in [-0.2, -0.15) is 13.7 Å². The van der Waals surface area contributed by atoms with E-state index in [1.165, 1.54) is 5.39 Å². The lowest BCUT2D eigenvalue weighted by Gasteiger charge is -2.09. The fourth-order valence-electron chi connectivity index (χ4n) is 18.6. The Balaban J connectivity index is 0.000000107. The number of fused-ring (bicyclic) bond motifs is 20. The first-order valence-corrected chi connectivity index (χ1v) is 42.7. The predicted molar refractivity (Wildman–Crippen MR) is 526 cm³/mol. The number of aromatic nitrogens is 10. The maximum atomic E-state index is 8.12. The van der Waals surface area contributed by atoms with Crippen molar-refractivity contribution < 1.29 is 65.5 Å². The summed E-state index contributed by atoms with van der Waals surface area (Å²) >= 11 is 0. The van der Waals surface area contributed by atoms with Crippen molar-refractivity contribution in [1.82, 2.24) is 24.9 Å². The molecule has 0 aliphatic carbocycles. The number of aryl methyl sites for hydroxylation is 13. The van der Waals surface area contributed by atoms with Crippen molar-refractivity contribution in [3.63, 3.8) is 0 Å². The quantitative estimate of drug-likeness (QED) is 0.152. The number of hydrogen-bond acceptors (Lipinski definition) is 10. The standard InChI is InChI=1S/5C23H19N2O/c1-14-10-19-18-11-16-6-4-5-7-17(16)12-21(18)26-23(19)22(15(14)2)20-13-24-8-9-25(20)3;1-14-10-19-18-11-16-6-4-5-7-17(16)12-21(18)26-23(19)22(15(14)2)20-8-9-24-13-25(20)3;1-14-10-15(2)22(19-13-24-8-9-25(19)3)23-21(14)18-11-16-6-4-5-7-17(16)12-20(18)26-23;1-14-10-15(2)22(19-8-9-24-13-25(19)3)23-21(14)18-11-16-6-4-5-7-17(16)12-20(18)26-23;1-14-8-9-18-19-10-16-6-4-5-7-17(16)11-21(19)26-23(18)22(14)20-12-24-15(2)13-25(20)3/h5*4-13H,1-3H3/q5*+1/i4*1D3;2D3. The van der Waals surface area contributed by atoms with Gasteiger partial charge in [-0.25, -0.2) is 14.1 Å². The van der Waals surface area contributed by atoms with Crippen molar-refractivity contribution in [2.45, 2.75) is 68.9 Å². The monoisotopic (exact) mass is 1710 g/mol. The van der Waals surface area contributed by atoms with E-state index in [1.54, 1.807) is 91.1 Å². The van der Waals surface area contributed by atoms with Gasteiger partial charge in [-0.05, 0) is 246 Å². The number of nitrogens with zero attached hydrogens (tertiary/aromatic N) is 10. The molecule has 0 spiro atoms. The first kappa shape index (κ1) is 65.6. The molecular formula is C115H95N10O5+5. The molecule has 10 aromatic heterocycles. The molecule has 130 heavy (non-hydrogen) atoms. The fraction of sp³-hybridized carbons (Fsp3) is 0.130. The summed E-state index contributed by atoms with van der Waals surface area (Å²) in [5, 5.41) is 19.4. The molecule has 630 valence electrons. The lowest BCUT2D eigenvalue weighted by molar-refractivity contribution is -0.663. The van der Waals surface area contributed by atoms with Crippen LogP contribution in [-0.2, 0) is 35.2 Å². The molecule has 0 radical (unpaired) electrons. The van der Waals surface area contributed by atoms with Gasteiger partial charge in [-0.15, -0.1) is 0 Å². The van der Waals surface area contributed by atoms with Gasteiger partial charge < -0.3 is 22.1 Å². The van der Waals surface area contributed by atoms with Crippen LogP contribution in [0.2, 0.25) is 0 Å². The molecule has 0 amide bonds. The summed E-state index contributed by atoms with van der Waals surface area (Å²) < 4.78 is 161. The maximum Gasteiger partial charge on any atom is 0.286 e. The summed E-state index contributed by atoms with van der Waals surface area (Å²) in [4.78, 5) is 21.0. The van der Waals surface area contributed by atoms with Crippen molar-refractivity contribution >= 4 is 164 Å². The van der Waals surface area contributed by atoms with Gasteiger partial charge in [0, 0.05) is 86.6 Å². The SMILES string of the molecule is [2H]C([2H])([2H])c1c[n+](C)c(-c2c(C)ccc3c2oc2cc4ccccc4cc23)cn1.[2H]C([2H])([2H])c1cc(C)c(-c2ccnc[n+]2C)c2oc3cc4ccccc4cc3c12.[2H]C([2H])([2H])c1cc(C)c(-c2cncc[n+]2C)c2oc3cc4ccccc4cc3c12.[2H]C([2H])([2H])c1cc2c(oc3cc4ccccc4cc32)c(-c2ccnc[n+]2C)c1C.[2H]C([2H])([2H])c1cc2c(oc3cc4ccccc4cc32)c(-c2cncc[n+]2C)c1C. The van der Waals surface area contributed by atoms with Crippen LogP contribution in [-0.4, -0.2) is 24.9 Å². The Labute approximate surface area is 771 Å². The zero-order valence-corrected chi connectivity index (χ0v) is 72.9. The number of furan rings is 5. The minimum absolute atomic E-state index is 0.0735. The van der Waals surface area contributed by atoms with Crippen molar-refractivity contribution in [2.75, 3.05) is 0 Å². The Morgan fingerprint density at radius 3 is 0.985 bits per heavy atom. The number of benzene rings is 15. The molecule has 0 saturated carbocycles. The average Bonchev–Trinajstić information content (AvgIpc) is 1.57. The van der Waals surface area contributed by atoms with E-state index in [-0.39, 0.29) is 5.69 Å². The molecule has 0 atom stereocenters. The Bertz CT molecular complexity index is 9190. The van der Waals surface area contributed by atoms with Crippen LogP contribution in [0.5, 0.6) is 0 Å². The second-order valence-corrected chi connectivity index (χ2v) is 33.4. The molecule has 0 N–H and O–H groups in total. The van der Waals surface area contributed by atoms with Gasteiger partial charge in [0.15, 0.2) is 18.6 Å². The van der Waals surface area contributed by atoms with Crippen LogP contribution in [0.1, 0.15) is 76.3 Å². The summed E-state index contributed by atoms with van der Waals surface area (Å²) in [6.45, 7) is -1.63. The van der Waals surface area contributed by atoms with Gasteiger partial charge in [0.25, 0.3) is 12.7 Å². The molecule has 0 unspecified atom stereocenters. The van der Waals surface area contributed by atoms with E-state index in [1.807, 2.05) is 246 Å². The van der Waals surface area contributed by atoms with E-state index >= 15 is 0 Å². The van der Waals surface area contributed by atoms with Gasteiger partial charge in [0.05, 0.1) is 72.9 Å². The van der Waals surface area contributed by atoms with Crippen LogP contribution in [0.3, 0.4) is 0 Å². The summed E-state index contributed by atoms with van der Waals surface area (Å²) in [6.07, 6.45) is 20.7. The van der Waals surface area contributed by atoms with Gasteiger partial charge >= 0.3 is 0 Å². The Kier molecular flexibility index (Phi) is 16.4. The molecule has 0 saturated heterocycles. The van der Waals surface area contributed by atoms with Crippen LogP contribution in [0.4, 0.5) is 0 Å². The highest BCUT2D eigenvalue weighted by atomic mass is 16.3. The van der Waals surface area contributed by atoms with E-state index in [0.717, 1.165) is 187 Å². The molecule has 0 fully saturated rings. The van der Waals surface area contributed by atoms with Crippen molar-refractivity contribution in [3.8, 4) is 56.3 Å². The summed E-state index contributed by atoms with van der Waals surface area (Å²) in [5.41, 5.74) is 21.1. The predicted octanol–water partition coefficient (Wildman–Crippen LogP) is 26.2. The average molecular weight is 1710 g/mol. The van der Waals surface area contributed by atoms with Crippen molar-refractivity contribution in [1.29, 1.82) is 0 Å². The molecular weight excluding hydrogens is 1600 g/mol. The number of rotatable bonds is 5. The second kappa shape index (κ2) is 32.5. The van der Waals surface area contributed by atoms with E-state index in [9.17, 15) is 0 Å². The van der Waals surface area contributed by atoms with Gasteiger partial charge in [-0.3, -0.25) is 9.97 Å². The van der Waals surface area contributed by atoms with Crippen LogP contribution < -0.4 is 22.8 Å². The third kappa shape index (κ3) is 14.1. The third-order valence-electron chi connectivity index (χ3n) is 25.2. The molecule has 25 rings (SSSR count). The van der Waals surface area contributed by atoms with Crippen LogP contribution in [0.15, 0.2) is 327 Å². The highest BCUT2D eigenvalue weighted by Crippen LogP contribution is 2.47. The molecule has 25 aromatic rings. The summed E-state index contributed by atoms with van der Waals surface area (Å²) in [7, 11) is 9.51. The molecule has 10 heterocycles. The van der Waals surface area contributed by atoms with Gasteiger partial charge in [0.2, 0.25) is 17.1 Å². The molecule has 15 heteroatoms. The van der Waals surface area contributed by atoms with E-state index in [4.69, 9.17) is 42.6 Å². The second-order valence-electron chi connectivity index (χ2n) is 33.4. The van der Waals surface area contributed by atoms with Crippen LogP contribution in [0.25, 0.3) is 220 Å². The molecule has 15 nitrogen and oxygen atoms in total. The van der Waals surface area contributed by atoms with Crippen LogP contribution in [0, 0.1) is 68.9 Å². The van der Waals surface area contributed by atoms with Crippen LogP contribution >= 0.6 is 0 Å². The topological polar surface area (TPSA) is 150 Å². The zero-order chi connectivity index (χ0) is 102. The van der Waals surface area contributed by atoms with Gasteiger partial charge in [0.1, 0.15) is 106 Å². The lowest BCUT2D eigenvalue weighted by Crippen LogP contribution is -2.31. The van der Waals surface area contributed by atoms with Crippen molar-refractivity contribution in [2.24, 2.45) is 35.2 Å². The zero-order valence-electron chi connectivity index (χ0n) is 87.9. The Morgan fingerprint density at radius 2 is 0.592 bits per heavy atom. The summed E-state index contributed by atoms with van der Waals surface area (Å²) in [5.74, 6) is 0. The first-order valence-electron chi connectivity index (χ1n) is 50.2. The largest absolute Gasteiger partial charge is 0.455 e. The minimum Gasteiger partial charge on any atom is -0.455 e.